The maximum atomic E-state index is 2.71. The van der Waals surface area contributed by atoms with E-state index in [9.17, 15) is 0 Å². The van der Waals surface area contributed by atoms with Crippen molar-refractivity contribution in [3.8, 4) is 33.6 Å². The zero-order valence-electron chi connectivity index (χ0n) is 48.5. The number of nitrogens with zero attached hydrogens (tertiary/aromatic N) is 2. The van der Waals surface area contributed by atoms with Gasteiger partial charge in [-0.2, -0.15) is 0 Å². The zero-order valence-corrected chi connectivity index (χ0v) is 48.5. The third kappa shape index (κ3) is 7.67. The Labute approximate surface area is 464 Å². The van der Waals surface area contributed by atoms with Crippen LogP contribution in [0.2, 0.25) is 0 Å². The van der Waals surface area contributed by atoms with Crippen LogP contribution in [0.5, 0.6) is 0 Å². The van der Waals surface area contributed by atoms with E-state index in [4.69, 9.17) is 0 Å². The second-order valence-corrected chi connectivity index (χ2v) is 26.4. The van der Waals surface area contributed by atoms with Gasteiger partial charge in [-0.25, -0.2) is 0 Å². The molecule has 0 unspecified atom stereocenters. The van der Waals surface area contributed by atoms with Crippen LogP contribution >= 0.6 is 0 Å². The summed E-state index contributed by atoms with van der Waals surface area (Å²) in [4.78, 5) is 0. The first kappa shape index (κ1) is 50.2. The molecule has 78 heavy (non-hydrogen) atoms. The van der Waals surface area contributed by atoms with Gasteiger partial charge in [-0.3, -0.25) is 0 Å². The molecule has 0 fully saturated rings. The Hall–Kier alpha value is -7.29. The number of hydrogen-bond donors (Lipinski definition) is 0. The summed E-state index contributed by atoms with van der Waals surface area (Å²) in [5, 5.41) is 5.28. The van der Waals surface area contributed by atoms with Gasteiger partial charge in [0.05, 0.1) is 11.0 Å². The van der Waals surface area contributed by atoms with Crippen LogP contribution in [0.25, 0.3) is 77.2 Å². The van der Waals surface area contributed by atoms with E-state index in [1.807, 2.05) is 0 Å². The van der Waals surface area contributed by atoms with Gasteiger partial charge in [-0.15, -0.1) is 0 Å². The molecule has 0 radical (unpaired) electrons. The molecular weight excluding hydrogens is 938 g/mol. The summed E-state index contributed by atoms with van der Waals surface area (Å²) >= 11 is 0. The number of fused-ring (bicyclic) bond motifs is 10. The maximum absolute atomic E-state index is 2.71. The highest BCUT2D eigenvalue weighted by Gasteiger charge is 2.43. The predicted molar refractivity (Wildman–Crippen MR) is 342 cm³/mol. The maximum Gasteiger partial charge on any atom is 0.247 e. The highest BCUT2D eigenvalue weighted by Crippen LogP contribution is 2.42. The largest absolute Gasteiger partial charge is 0.310 e. The fourth-order valence-electron chi connectivity index (χ4n) is 14.1. The van der Waals surface area contributed by atoms with Crippen molar-refractivity contribution in [2.24, 2.45) is 0 Å². The fourth-order valence-corrected chi connectivity index (χ4v) is 14.1. The monoisotopic (exact) mass is 1010 g/mol. The molecule has 0 atom stereocenters. The quantitative estimate of drug-likeness (QED) is 0.134. The van der Waals surface area contributed by atoms with Crippen molar-refractivity contribution in [3.05, 3.63) is 203 Å². The van der Waals surface area contributed by atoms with Crippen LogP contribution in [0, 0.1) is 0 Å². The van der Waals surface area contributed by atoms with Gasteiger partial charge in [-0.1, -0.05) is 229 Å². The Morgan fingerprint density at radius 3 is 0.987 bits per heavy atom. The van der Waals surface area contributed by atoms with Crippen molar-refractivity contribution in [1.82, 2.24) is 9.13 Å². The second kappa shape index (κ2) is 18.1. The van der Waals surface area contributed by atoms with Crippen molar-refractivity contribution in [3.63, 3.8) is 0 Å². The van der Waals surface area contributed by atoms with Crippen molar-refractivity contribution < 1.29 is 0 Å². The summed E-state index contributed by atoms with van der Waals surface area (Å²) in [5.41, 5.74) is 29.6. The first-order valence-corrected chi connectivity index (χ1v) is 29.1. The lowest BCUT2D eigenvalue weighted by Gasteiger charge is -2.36. The van der Waals surface area contributed by atoms with E-state index in [0.29, 0.717) is 23.7 Å². The van der Waals surface area contributed by atoms with Crippen molar-refractivity contribution in [2.75, 3.05) is 0 Å². The molecule has 13 rings (SSSR count). The molecule has 4 heteroatoms. The van der Waals surface area contributed by atoms with E-state index in [0.717, 1.165) is 0 Å². The lowest BCUT2D eigenvalue weighted by atomic mass is 9.31. The third-order valence-electron chi connectivity index (χ3n) is 18.0. The summed E-state index contributed by atoms with van der Waals surface area (Å²) in [6, 6.07) is 66.7. The van der Waals surface area contributed by atoms with Gasteiger partial charge in [0.2, 0.25) is 13.4 Å². The highest BCUT2D eigenvalue weighted by molar-refractivity contribution is 7.00. The van der Waals surface area contributed by atoms with E-state index in [1.165, 1.54) is 143 Å². The molecular formula is C74H74B2N2. The van der Waals surface area contributed by atoms with Crippen molar-refractivity contribution in [2.45, 2.75) is 131 Å². The Bertz CT molecular complexity index is 3900. The van der Waals surface area contributed by atoms with Gasteiger partial charge in [0.15, 0.2) is 0 Å². The molecule has 2 aliphatic rings. The van der Waals surface area contributed by atoms with E-state index >= 15 is 0 Å². The molecule has 0 aliphatic carbocycles. The minimum Gasteiger partial charge on any atom is -0.310 e. The van der Waals surface area contributed by atoms with Gasteiger partial charge in [-0.05, 0) is 161 Å². The van der Waals surface area contributed by atoms with E-state index in [-0.39, 0.29) is 24.3 Å². The fraction of sp³-hybridized carbons (Fsp3) is 0.270. The first-order valence-electron chi connectivity index (χ1n) is 29.1. The van der Waals surface area contributed by atoms with Gasteiger partial charge in [0, 0.05) is 44.0 Å². The molecule has 0 N–H and O–H groups in total. The van der Waals surface area contributed by atoms with Gasteiger partial charge in [0.25, 0.3) is 0 Å². The van der Waals surface area contributed by atoms with E-state index in [2.05, 4.69) is 276 Å². The van der Waals surface area contributed by atoms with Crippen molar-refractivity contribution >= 4 is 89.8 Å². The third-order valence-corrected chi connectivity index (χ3v) is 18.0. The molecule has 4 heterocycles. The minimum absolute atomic E-state index is 0.0317. The predicted octanol–water partition coefficient (Wildman–Crippen LogP) is 16.0. The number of rotatable bonds is 8. The Morgan fingerprint density at radius 1 is 0.321 bits per heavy atom. The van der Waals surface area contributed by atoms with E-state index in [1.54, 1.807) is 0 Å². The lowest BCUT2D eigenvalue weighted by Crippen LogP contribution is -2.62. The average Bonchev–Trinajstić information content (AvgIpc) is 3.62. The molecule has 9 aromatic carbocycles. The topological polar surface area (TPSA) is 9.86 Å². The molecule has 11 aromatic rings. The van der Waals surface area contributed by atoms with Crippen molar-refractivity contribution in [1.29, 1.82) is 0 Å². The molecule has 386 valence electrons. The first-order chi connectivity index (χ1) is 37.3. The summed E-state index contributed by atoms with van der Waals surface area (Å²) in [7, 11) is 0. The summed E-state index contributed by atoms with van der Waals surface area (Å²) in [6.07, 6.45) is 0. The standard InChI is InChI=1S/C74H74B2N2/c1-43(2)53-27-21-28-54(44(3)4)69(53)75-61-41-68-62(42-67(61)77-65-33-31-49(47-23-17-15-18-24-47)35-57(65)59-37-51(73(9,10)11)39-63(75)71(59)77)76(70-55(45(5)6)29-22-30-56(70)46(7)8)64-40-52(74(12,13)14)38-60-58-36-50(48-25-19-16-20-26-48)32-34-66(58)78(68)72(60)64/h15-46H,1-14H3. The van der Waals surface area contributed by atoms with Crippen LogP contribution in [0.1, 0.15) is 154 Å². The summed E-state index contributed by atoms with van der Waals surface area (Å²) in [6.45, 7) is 33.5. The van der Waals surface area contributed by atoms with Crippen LogP contribution in [0.4, 0.5) is 0 Å². The molecule has 0 saturated heterocycles. The van der Waals surface area contributed by atoms with Crippen LogP contribution < -0.4 is 32.8 Å². The number of benzene rings is 9. The summed E-state index contributed by atoms with van der Waals surface area (Å²) < 4.78 is 5.43. The second-order valence-electron chi connectivity index (χ2n) is 26.4. The summed E-state index contributed by atoms with van der Waals surface area (Å²) in [5.74, 6) is 1.29. The normalized spacial score (nSPS) is 13.4. The minimum atomic E-state index is -0.0929. The molecule has 2 nitrogen and oxygen atoms in total. The van der Waals surface area contributed by atoms with Gasteiger partial charge < -0.3 is 9.13 Å². The molecule has 0 saturated carbocycles. The SMILES string of the molecule is CC(C)c1cccc(C(C)C)c1B1c2cc3c(cc2-n2c4ccc(-c5ccccc5)cc4c4cc(C(C)(C)C)cc1c42)B(c1c(C(C)C)cccc1C(C)C)c1cc(C(C)(C)C)cc2c4cc(-c5ccccc5)ccc4n-3c12. The van der Waals surface area contributed by atoms with Crippen LogP contribution in [0.15, 0.2) is 170 Å². The highest BCUT2D eigenvalue weighted by atomic mass is 15.0. The zero-order chi connectivity index (χ0) is 54.4. The molecule has 0 spiro atoms. The molecule has 0 amide bonds. The Kier molecular flexibility index (Phi) is 11.7. The molecule has 2 aliphatic heterocycles. The van der Waals surface area contributed by atoms with Crippen LogP contribution in [-0.2, 0) is 10.8 Å². The molecule has 2 aromatic heterocycles. The van der Waals surface area contributed by atoms with Crippen LogP contribution in [0.3, 0.4) is 0 Å². The number of aromatic nitrogens is 2. The lowest BCUT2D eigenvalue weighted by molar-refractivity contribution is 0.591. The molecule has 0 bridgehead atoms. The van der Waals surface area contributed by atoms with Gasteiger partial charge in [0.1, 0.15) is 0 Å². The van der Waals surface area contributed by atoms with Gasteiger partial charge >= 0.3 is 0 Å². The smallest absolute Gasteiger partial charge is 0.247 e. The Morgan fingerprint density at radius 2 is 0.667 bits per heavy atom. The average molecular weight is 1010 g/mol. The van der Waals surface area contributed by atoms with Crippen LogP contribution in [-0.4, -0.2) is 22.6 Å². The number of hydrogen-bond acceptors (Lipinski definition) is 0. The van der Waals surface area contributed by atoms with E-state index < -0.39 is 0 Å². The Balaban J connectivity index is 1.26.